The third-order valence-corrected chi connectivity index (χ3v) is 3.75. The lowest BCUT2D eigenvalue weighted by molar-refractivity contribution is 0.0487. The van der Waals surface area contributed by atoms with E-state index in [2.05, 4.69) is 25.3 Å². The van der Waals surface area contributed by atoms with Gasteiger partial charge >= 0.3 is 0 Å². The molecule has 15 heavy (non-hydrogen) atoms. The smallest absolute Gasteiger partial charge is 0.0564 e. The van der Waals surface area contributed by atoms with E-state index in [1.54, 1.807) is 0 Å². The molecule has 1 N–H and O–H groups in total. The second-order valence-electron chi connectivity index (χ2n) is 4.70. The van der Waals surface area contributed by atoms with Gasteiger partial charge in [0.15, 0.2) is 0 Å². The van der Waals surface area contributed by atoms with E-state index >= 15 is 0 Å². The van der Waals surface area contributed by atoms with Crippen LogP contribution in [0.1, 0.15) is 39.5 Å². The minimum absolute atomic E-state index is 0.0621. The molecular weight excluding hydrogens is 186 g/mol. The Kier molecular flexibility index (Phi) is 5.34. The lowest BCUT2D eigenvalue weighted by atomic mass is 9.92. The molecule has 0 aromatic carbocycles. The monoisotopic (exact) mass is 211 g/mol. The van der Waals surface area contributed by atoms with Crippen molar-refractivity contribution in [1.29, 1.82) is 0 Å². The number of aliphatic hydroxyl groups is 1. The molecule has 1 aliphatic rings. The molecule has 0 spiro atoms. The number of hydrogen-bond donors (Lipinski definition) is 1. The van der Waals surface area contributed by atoms with Gasteiger partial charge in [-0.3, -0.25) is 0 Å². The van der Waals surface area contributed by atoms with Crippen LogP contribution in [0.4, 0.5) is 0 Å². The van der Waals surface area contributed by atoms with E-state index in [-0.39, 0.29) is 6.10 Å². The topological polar surface area (TPSA) is 23.5 Å². The Morgan fingerprint density at radius 2 is 2.07 bits per heavy atom. The minimum atomic E-state index is -0.0621. The number of rotatable bonds is 5. The number of likely N-dealkylation sites (tertiary alicyclic amines) is 1. The zero-order valence-electron chi connectivity index (χ0n) is 10.2. The zero-order chi connectivity index (χ0) is 11.3. The molecular formula is C13H25NO. The first-order chi connectivity index (χ1) is 7.19. The highest BCUT2D eigenvalue weighted by Crippen LogP contribution is 2.22. The molecule has 0 bridgehead atoms. The average molecular weight is 211 g/mol. The van der Waals surface area contributed by atoms with E-state index in [9.17, 15) is 5.11 Å². The summed E-state index contributed by atoms with van der Waals surface area (Å²) in [6.07, 6.45) is 6.17. The van der Waals surface area contributed by atoms with Crippen LogP contribution in [0.3, 0.4) is 0 Å². The van der Waals surface area contributed by atoms with Crippen molar-refractivity contribution in [2.75, 3.05) is 13.1 Å². The Hall–Kier alpha value is -0.340. The fourth-order valence-electron chi connectivity index (χ4n) is 2.51. The second-order valence-corrected chi connectivity index (χ2v) is 4.70. The van der Waals surface area contributed by atoms with Crippen LogP contribution < -0.4 is 0 Å². The molecule has 1 fully saturated rings. The highest BCUT2D eigenvalue weighted by atomic mass is 16.3. The van der Waals surface area contributed by atoms with Crippen molar-refractivity contribution in [2.45, 2.75) is 51.7 Å². The summed E-state index contributed by atoms with van der Waals surface area (Å²) in [5, 5.41) is 9.47. The summed E-state index contributed by atoms with van der Waals surface area (Å²) < 4.78 is 0. The van der Waals surface area contributed by atoms with Crippen molar-refractivity contribution in [1.82, 2.24) is 4.90 Å². The van der Waals surface area contributed by atoms with Gasteiger partial charge in [-0.05, 0) is 32.1 Å². The third kappa shape index (κ3) is 3.62. The summed E-state index contributed by atoms with van der Waals surface area (Å²) in [7, 11) is 0. The predicted molar refractivity (Wildman–Crippen MR) is 64.9 cm³/mol. The van der Waals surface area contributed by atoms with Crippen LogP contribution in [-0.2, 0) is 0 Å². The normalized spacial score (nSPS) is 23.7. The summed E-state index contributed by atoms with van der Waals surface area (Å²) in [6.45, 7) is 10.5. The van der Waals surface area contributed by atoms with Gasteiger partial charge in [0.05, 0.1) is 6.10 Å². The number of nitrogens with zero attached hydrogens (tertiary/aromatic N) is 1. The highest BCUT2D eigenvalue weighted by Gasteiger charge is 2.25. The SMILES string of the molecule is C=CCC(CC)C(C)N1CCC(O)CC1. The van der Waals surface area contributed by atoms with Crippen LogP contribution in [-0.4, -0.2) is 35.2 Å². The minimum Gasteiger partial charge on any atom is -0.393 e. The molecule has 88 valence electrons. The molecule has 1 saturated heterocycles. The third-order valence-electron chi connectivity index (χ3n) is 3.75. The fourth-order valence-corrected chi connectivity index (χ4v) is 2.51. The van der Waals surface area contributed by atoms with Gasteiger partial charge in [0, 0.05) is 19.1 Å². The van der Waals surface area contributed by atoms with Gasteiger partial charge in [-0.1, -0.05) is 19.4 Å². The van der Waals surface area contributed by atoms with E-state index in [0.717, 1.165) is 38.3 Å². The average Bonchev–Trinajstić information content (AvgIpc) is 2.26. The van der Waals surface area contributed by atoms with Crippen LogP contribution >= 0.6 is 0 Å². The van der Waals surface area contributed by atoms with E-state index in [4.69, 9.17) is 0 Å². The van der Waals surface area contributed by atoms with Crippen molar-refractivity contribution in [3.8, 4) is 0 Å². The van der Waals surface area contributed by atoms with Crippen molar-refractivity contribution in [3.63, 3.8) is 0 Å². The Bertz CT molecular complexity index is 185. The first-order valence-corrected chi connectivity index (χ1v) is 6.22. The lowest BCUT2D eigenvalue weighted by Gasteiger charge is -2.38. The molecule has 2 nitrogen and oxygen atoms in total. The number of aliphatic hydroxyl groups excluding tert-OH is 1. The molecule has 2 unspecified atom stereocenters. The molecule has 0 amide bonds. The van der Waals surface area contributed by atoms with E-state index in [1.807, 2.05) is 6.08 Å². The van der Waals surface area contributed by atoms with Crippen molar-refractivity contribution >= 4 is 0 Å². The van der Waals surface area contributed by atoms with E-state index in [0.29, 0.717) is 6.04 Å². The Morgan fingerprint density at radius 1 is 1.47 bits per heavy atom. The van der Waals surface area contributed by atoms with Crippen LogP contribution in [0.2, 0.25) is 0 Å². The van der Waals surface area contributed by atoms with Gasteiger partial charge < -0.3 is 10.0 Å². The first kappa shape index (κ1) is 12.7. The molecule has 0 aromatic heterocycles. The fraction of sp³-hybridized carbons (Fsp3) is 0.846. The number of allylic oxidation sites excluding steroid dienone is 1. The molecule has 0 saturated carbocycles. The quantitative estimate of drug-likeness (QED) is 0.706. The molecule has 1 rings (SSSR count). The predicted octanol–water partition coefficient (Wildman–Crippen LogP) is 2.43. The molecule has 0 aromatic rings. The van der Waals surface area contributed by atoms with Crippen molar-refractivity contribution < 1.29 is 5.11 Å². The van der Waals surface area contributed by atoms with E-state index < -0.39 is 0 Å². The summed E-state index contributed by atoms with van der Waals surface area (Å²) in [5.74, 6) is 0.720. The molecule has 1 aliphatic heterocycles. The molecule has 2 atom stereocenters. The van der Waals surface area contributed by atoms with Gasteiger partial charge in [0.1, 0.15) is 0 Å². The van der Waals surface area contributed by atoms with Gasteiger partial charge in [0.25, 0.3) is 0 Å². The van der Waals surface area contributed by atoms with Crippen LogP contribution in [0.25, 0.3) is 0 Å². The van der Waals surface area contributed by atoms with Crippen LogP contribution in [0, 0.1) is 5.92 Å². The summed E-state index contributed by atoms with van der Waals surface area (Å²) >= 11 is 0. The Balaban J connectivity index is 2.43. The highest BCUT2D eigenvalue weighted by molar-refractivity contribution is 4.83. The lowest BCUT2D eigenvalue weighted by Crippen LogP contribution is -2.44. The first-order valence-electron chi connectivity index (χ1n) is 6.22. The maximum absolute atomic E-state index is 9.47. The zero-order valence-corrected chi connectivity index (χ0v) is 10.2. The Labute approximate surface area is 94.0 Å². The van der Waals surface area contributed by atoms with Gasteiger partial charge in [-0.25, -0.2) is 0 Å². The summed E-state index contributed by atoms with van der Waals surface area (Å²) in [6, 6.07) is 0.625. The number of hydrogen-bond acceptors (Lipinski definition) is 2. The molecule has 2 heteroatoms. The maximum Gasteiger partial charge on any atom is 0.0564 e. The van der Waals surface area contributed by atoms with E-state index in [1.165, 1.54) is 6.42 Å². The second kappa shape index (κ2) is 6.29. The molecule has 0 aliphatic carbocycles. The summed E-state index contributed by atoms with van der Waals surface area (Å²) in [5.41, 5.74) is 0. The van der Waals surface area contributed by atoms with Gasteiger partial charge in [0.2, 0.25) is 0 Å². The summed E-state index contributed by atoms with van der Waals surface area (Å²) in [4.78, 5) is 2.52. The van der Waals surface area contributed by atoms with Gasteiger partial charge in [-0.15, -0.1) is 6.58 Å². The molecule has 0 radical (unpaired) electrons. The standard InChI is InChI=1S/C13H25NO/c1-4-6-12(5-2)11(3)14-9-7-13(15)8-10-14/h4,11-13,15H,1,5-10H2,2-3H3. The van der Waals surface area contributed by atoms with Crippen LogP contribution in [0.5, 0.6) is 0 Å². The van der Waals surface area contributed by atoms with Gasteiger partial charge in [-0.2, -0.15) is 0 Å². The largest absolute Gasteiger partial charge is 0.393 e. The Morgan fingerprint density at radius 3 is 2.53 bits per heavy atom. The maximum atomic E-state index is 9.47. The van der Waals surface area contributed by atoms with Crippen molar-refractivity contribution in [3.05, 3.63) is 12.7 Å². The molecule has 1 heterocycles. The number of piperidine rings is 1. The van der Waals surface area contributed by atoms with Crippen molar-refractivity contribution in [2.24, 2.45) is 5.92 Å². The van der Waals surface area contributed by atoms with Crippen LogP contribution in [0.15, 0.2) is 12.7 Å².